The van der Waals surface area contributed by atoms with Gasteiger partial charge in [-0.3, -0.25) is 42.9 Å². The predicted molar refractivity (Wildman–Crippen MR) is 294 cm³/mol. The lowest BCUT2D eigenvalue weighted by Crippen LogP contribution is -2.64. The largest absolute Gasteiger partial charge is 0.504 e. The summed E-state index contributed by atoms with van der Waals surface area (Å²) < 4.78 is 42.6. The smallest absolute Gasteiger partial charge is 0.446 e. The highest BCUT2D eigenvalue weighted by Crippen LogP contribution is 2.33. The van der Waals surface area contributed by atoms with Crippen LogP contribution in [0.5, 0.6) is 17.2 Å². The highest BCUT2D eigenvalue weighted by molar-refractivity contribution is 7.81. The number of aliphatic hydroxyl groups is 8. The molecule has 0 saturated carbocycles. The van der Waals surface area contributed by atoms with E-state index in [1.54, 1.807) is 24.3 Å². The number of unbranched alkanes of at least 4 members (excludes halogenated alkanes) is 5. The van der Waals surface area contributed by atoms with Crippen molar-refractivity contribution in [3.05, 3.63) is 65.7 Å². The number of hydrogen-bond donors (Lipinski definition) is 16. The Morgan fingerprint density at radius 1 is 0.753 bits per heavy atom. The number of benzene rings is 3. The second kappa shape index (κ2) is 29.2. The number of carbonyl (C=O) groups excluding carboxylic acids is 8. The summed E-state index contributed by atoms with van der Waals surface area (Å²) in [5, 5.41) is 113. The lowest BCUT2D eigenvalue weighted by Gasteiger charge is -2.34. The highest BCUT2D eigenvalue weighted by atomic mass is 32.3. The Labute approximate surface area is 487 Å². The molecule has 0 spiro atoms. The van der Waals surface area contributed by atoms with Crippen molar-refractivity contribution in [2.75, 3.05) is 19.7 Å². The molecule has 1 unspecified atom stereocenters. The Morgan fingerprint density at radius 2 is 1.39 bits per heavy atom. The van der Waals surface area contributed by atoms with Crippen LogP contribution in [0.1, 0.15) is 101 Å². The summed E-state index contributed by atoms with van der Waals surface area (Å²) in [5.74, 6) is -13.2. The molecule has 15 atom stereocenters. The Kier molecular flexibility index (Phi) is 22.9. The van der Waals surface area contributed by atoms with Crippen LogP contribution in [0, 0.1) is 5.92 Å². The van der Waals surface area contributed by atoms with Gasteiger partial charge in [0.15, 0.2) is 17.7 Å². The zero-order valence-electron chi connectivity index (χ0n) is 46.6. The van der Waals surface area contributed by atoms with E-state index >= 15 is 0 Å². The third-order valence-corrected chi connectivity index (χ3v) is 15.3. The average Bonchev–Trinajstić information content (AvgIpc) is 2.39. The van der Waals surface area contributed by atoms with Gasteiger partial charge in [-0.1, -0.05) is 64.2 Å². The van der Waals surface area contributed by atoms with Gasteiger partial charge >= 0.3 is 10.4 Å². The summed E-state index contributed by atoms with van der Waals surface area (Å²) in [6, 6.07) is -1.18. The van der Waals surface area contributed by atoms with Gasteiger partial charge in [0, 0.05) is 37.4 Å². The van der Waals surface area contributed by atoms with Crippen LogP contribution in [0.3, 0.4) is 0 Å². The lowest BCUT2D eigenvalue weighted by atomic mass is 9.96. The first-order valence-electron chi connectivity index (χ1n) is 27.5. The molecule has 31 heteroatoms. The molecular weight excluding hydrogens is 1140 g/mol. The number of nitrogens with zero attached hydrogens (tertiary/aromatic N) is 2. The van der Waals surface area contributed by atoms with Crippen LogP contribution in [0.4, 0.5) is 0 Å². The summed E-state index contributed by atoms with van der Waals surface area (Å²) in [4.78, 5) is 114. The van der Waals surface area contributed by atoms with Crippen LogP contribution in [0.25, 0.3) is 10.8 Å². The van der Waals surface area contributed by atoms with Gasteiger partial charge in [-0.15, -0.1) is 0 Å². The molecule has 8 amide bonds. The average molecular weight is 1220 g/mol. The highest BCUT2D eigenvalue weighted by Gasteiger charge is 2.51. The van der Waals surface area contributed by atoms with Crippen molar-refractivity contribution in [3.8, 4) is 17.2 Å². The van der Waals surface area contributed by atoms with E-state index in [2.05, 4.69) is 27.1 Å². The monoisotopic (exact) mass is 1220 g/mol. The molecule has 468 valence electrons. The quantitative estimate of drug-likeness (QED) is 0.0403. The van der Waals surface area contributed by atoms with Crippen LogP contribution in [0.15, 0.2) is 54.6 Å². The number of ether oxygens (including phenoxy) is 1. The molecule has 0 aromatic heterocycles. The second-order valence-corrected chi connectivity index (χ2v) is 22.6. The van der Waals surface area contributed by atoms with Crippen molar-refractivity contribution in [1.29, 1.82) is 0 Å². The fourth-order valence-electron chi connectivity index (χ4n) is 10.3. The van der Waals surface area contributed by atoms with Gasteiger partial charge < -0.3 is 97.0 Å². The third-order valence-electron chi connectivity index (χ3n) is 14.9. The van der Waals surface area contributed by atoms with E-state index in [0.29, 0.717) is 39.0 Å². The van der Waals surface area contributed by atoms with E-state index in [1.165, 1.54) is 19.1 Å². The molecule has 0 aliphatic carbocycles. The van der Waals surface area contributed by atoms with E-state index in [9.17, 15) is 97.3 Å². The number of carbonyl (C=O) groups is 8. The number of fused-ring (bicyclic) bond motifs is 3. The molecule has 0 radical (unpaired) electrons. The molecule has 3 aliphatic heterocycles. The fraction of sp³-hybridized carbons (Fsp3) is 0.556. The number of primary amides is 1. The van der Waals surface area contributed by atoms with Gasteiger partial charge in [0.25, 0.3) is 5.91 Å². The zero-order chi connectivity index (χ0) is 62.8. The summed E-state index contributed by atoms with van der Waals surface area (Å²) in [6.45, 7) is 3.75. The first-order chi connectivity index (χ1) is 40.0. The number of hydrogen-bond acceptors (Lipinski definition) is 21. The molecule has 3 aromatic rings. The predicted octanol–water partition coefficient (Wildman–Crippen LogP) is -3.90. The zero-order valence-corrected chi connectivity index (χ0v) is 47.4. The van der Waals surface area contributed by atoms with Gasteiger partial charge in [-0.05, 0) is 66.1 Å². The number of aliphatic hydroxyl groups excluding tert-OH is 8. The number of amides is 8. The molecule has 3 saturated heterocycles. The molecular formula is C54H74N8O22S. The number of nitrogens with one attached hydrogen (secondary N) is 5. The maximum Gasteiger partial charge on any atom is 0.446 e. The normalized spacial score (nSPS) is 27.2. The van der Waals surface area contributed by atoms with Gasteiger partial charge in [0.1, 0.15) is 60.3 Å². The Balaban J connectivity index is 1.39. The van der Waals surface area contributed by atoms with Crippen LogP contribution in [-0.2, 0) is 44.0 Å². The summed E-state index contributed by atoms with van der Waals surface area (Å²) >= 11 is 0. The van der Waals surface area contributed by atoms with Crippen LogP contribution >= 0.6 is 0 Å². The van der Waals surface area contributed by atoms with Gasteiger partial charge in [-0.2, -0.15) is 8.42 Å². The van der Waals surface area contributed by atoms with Crippen molar-refractivity contribution >= 4 is 68.4 Å². The number of aromatic hydroxyl groups is 1. The molecule has 85 heavy (non-hydrogen) atoms. The van der Waals surface area contributed by atoms with E-state index in [4.69, 9.17) is 10.5 Å². The van der Waals surface area contributed by atoms with Gasteiger partial charge in [0.2, 0.25) is 41.4 Å². The van der Waals surface area contributed by atoms with Crippen molar-refractivity contribution in [2.24, 2.45) is 11.7 Å². The molecule has 17 N–H and O–H groups in total. The fourth-order valence-corrected chi connectivity index (χ4v) is 10.6. The third kappa shape index (κ3) is 17.2. The first-order valence-corrected chi connectivity index (χ1v) is 28.9. The summed E-state index contributed by atoms with van der Waals surface area (Å²) in [7, 11) is -5.35. The van der Waals surface area contributed by atoms with Crippen molar-refractivity contribution < 1.29 is 106 Å². The minimum absolute atomic E-state index is 0.0361. The molecule has 3 fully saturated rings. The van der Waals surface area contributed by atoms with Crippen molar-refractivity contribution in [1.82, 2.24) is 36.4 Å². The number of phenols is 1. The molecule has 3 aliphatic rings. The van der Waals surface area contributed by atoms with E-state index in [1.807, 2.05) is 10.6 Å². The van der Waals surface area contributed by atoms with Crippen LogP contribution in [0.2, 0.25) is 0 Å². The van der Waals surface area contributed by atoms with Crippen molar-refractivity contribution in [3.63, 3.8) is 0 Å². The van der Waals surface area contributed by atoms with Crippen LogP contribution < -0.4 is 41.2 Å². The maximum atomic E-state index is 14.7. The number of rotatable bonds is 19. The minimum atomic E-state index is -5.35. The Morgan fingerprint density at radius 3 is 2.06 bits per heavy atom. The van der Waals surface area contributed by atoms with Crippen LogP contribution in [-0.4, -0.2) is 215 Å². The first kappa shape index (κ1) is 66.8. The van der Waals surface area contributed by atoms with E-state index in [0.717, 1.165) is 57.6 Å². The SMILES string of the molecule is CCCCCCCCOc1ccc2cc(C(=O)N[C@@H]3C[C@@H](O)[C@@H](O)NC(=O)[C@@H]4[C@@H](O)[C@@H](C)CN4C(=O)[C@H]([C@H](O)CC(N)=O)NC(=O)[C@H]([C@H](O)[C@@H](O)c4ccc(O)c(OS(=O)(=O)O)c4)NC(=O)[C@@H]4C[C@@H](O)CN4C(=O)C([C@@H](C)O)NC3=O)ccc2c1. The number of phenolic OH excluding ortho intramolecular Hbond substituents is 1. The van der Waals surface area contributed by atoms with E-state index < -0.39 is 198 Å². The molecule has 3 aromatic carbocycles. The standard InChI is InChI=1S/C54H74N8O22S/c1-4-5-6-7-8-9-16-83-32-14-12-27-17-30(11-10-28(27)18-32)47(72)56-33-21-37(67)50(75)60-52(77)43-44(69)25(2)23-62(43)54(79)41(36(66)22-39(55)68)58-51(76)42(46(71)45(70)29-13-15-35(65)38(19-29)84-85(80,81)82)59-49(74)34-20-31(64)24-61(34)53(78)40(26(3)63)57-48(33)73/h10-15,17-19,25-26,31,33-34,36-37,40-46,50,63-67,69-71,75H,4-9,16,20-24H2,1-3H3,(H2,55,68)(H,56,72)(H,57,73)(H,58,76)(H,59,74)(H,60,77)(H,80,81,82)/t25-,26+,31+,33+,34-,36+,37+,40?,41-,42-,43-,44-,45-,46-,50+/m0/s1. The summed E-state index contributed by atoms with van der Waals surface area (Å²) in [5.41, 5.74) is 4.72. The van der Waals surface area contributed by atoms with E-state index in [-0.39, 0.29) is 5.56 Å². The second-order valence-electron chi connectivity index (χ2n) is 21.5. The minimum Gasteiger partial charge on any atom is -0.504 e. The van der Waals surface area contributed by atoms with Crippen molar-refractivity contribution in [2.45, 2.75) is 164 Å². The number of nitrogens with two attached hydrogens (primary N) is 1. The Hall–Kier alpha value is -7.33. The molecule has 6 rings (SSSR count). The van der Waals surface area contributed by atoms with Gasteiger partial charge in [-0.25, -0.2) is 0 Å². The maximum absolute atomic E-state index is 14.7. The lowest BCUT2D eigenvalue weighted by molar-refractivity contribution is -0.149. The molecule has 0 bridgehead atoms. The molecule has 3 heterocycles. The topological polar surface area (TPSA) is 484 Å². The van der Waals surface area contributed by atoms with Gasteiger partial charge in [0.05, 0.1) is 37.4 Å². The summed E-state index contributed by atoms with van der Waals surface area (Å²) in [6.07, 6.45) is -13.7. The Bertz CT molecular complexity index is 3050. The molecule has 30 nitrogen and oxygen atoms in total.